The second-order valence-electron chi connectivity index (χ2n) is 7.46. The van der Waals surface area contributed by atoms with E-state index < -0.39 is 0 Å². The van der Waals surface area contributed by atoms with Crippen LogP contribution in [0.15, 0.2) is 54.7 Å². The molecule has 0 aliphatic heterocycles. The molecule has 0 spiro atoms. The maximum Gasteiger partial charge on any atom is 0.256 e. The number of hydrogen-bond donors (Lipinski definition) is 1. The average molecular weight is 375 g/mol. The fraction of sp³-hybridized carbons (Fsp3) is 0.360. The predicted octanol–water partition coefficient (Wildman–Crippen LogP) is 6.70. The van der Waals surface area contributed by atoms with Crippen LogP contribution in [0.2, 0.25) is 0 Å². The Morgan fingerprint density at radius 2 is 1.68 bits per heavy atom. The molecule has 0 saturated carbocycles. The Morgan fingerprint density at radius 1 is 0.929 bits per heavy atom. The summed E-state index contributed by atoms with van der Waals surface area (Å²) in [4.78, 5) is 17.6. The second-order valence-corrected chi connectivity index (χ2v) is 7.46. The van der Waals surface area contributed by atoms with E-state index in [1.807, 2.05) is 43.3 Å². The van der Waals surface area contributed by atoms with Crippen LogP contribution in [0.25, 0.3) is 10.9 Å². The van der Waals surface area contributed by atoms with Gasteiger partial charge in [0.25, 0.3) is 5.91 Å². The Kier molecular flexibility index (Phi) is 7.18. The van der Waals surface area contributed by atoms with Gasteiger partial charge in [-0.25, -0.2) is 0 Å². The molecule has 3 nitrogen and oxygen atoms in total. The molecule has 1 heterocycles. The number of carbonyl (C=O) groups is 1. The first kappa shape index (κ1) is 20.1. The van der Waals surface area contributed by atoms with E-state index in [1.165, 1.54) is 32.1 Å². The molecule has 0 atom stereocenters. The molecular weight excluding hydrogens is 344 g/mol. The number of pyridine rings is 1. The highest BCUT2D eigenvalue weighted by atomic mass is 16.1. The van der Waals surface area contributed by atoms with Gasteiger partial charge in [-0.1, -0.05) is 75.4 Å². The molecule has 0 aliphatic rings. The van der Waals surface area contributed by atoms with Crippen molar-refractivity contribution < 1.29 is 4.79 Å². The lowest BCUT2D eigenvalue weighted by atomic mass is 9.96. The van der Waals surface area contributed by atoms with Gasteiger partial charge in [0.2, 0.25) is 0 Å². The van der Waals surface area contributed by atoms with Crippen LogP contribution in [0.1, 0.15) is 66.9 Å². The lowest BCUT2D eigenvalue weighted by Crippen LogP contribution is -2.16. The highest BCUT2D eigenvalue weighted by Gasteiger charge is 2.15. The Balaban J connectivity index is 1.74. The predicted molar refractivity (Wildman–Crippen MR) is 118 cm³/mol. The molecule has 0 saturated heterocycles. The summed E-state index contributed by atoms with van der Waals surface area (Å²) in [6.07, 6.45) is 10.2. The number of carbonyl (C=O) groups excluding carboxylic acids is 1. The van der Waals surface area contributed by atoms with Gasteiger partial charge in [-0.15, -0.1) is 0 Å². The van der Waals surface area contributed by atoms with E-state index in [0.717, 1.165) is 46.1 Å². The van der Waals surface area contributed by atoms with Crippen molar-refractivity contribution in [1.29, 1.82) is 0 Å². The van der Waals surface area contributed by atoms with Crippen molar-refractivity contribution in [3.63, 3.8) is 0 Å². The molecule has 1 aromatic heterocycles. The monoisotopic (exact) mass is 374 g/mol. The summed E-state index contributed by atoms with van der Waals surface area (Å²) in [6.45, 7) is 4.25. The molecule has 0 fully saturated rings. The zero-order valence-electron chi connectivity index (χ0n) is 17.0. The van der Waals surface area contributed by atoms with Gasteiger partial charge in [-0.2, -0.15) is 0 Å². The fourth-order valence-electron chi connectivity index (χ4n) is 3.75. The van der Waals surface area contributed by atoms with Crippen LogP contribution < -0.4 is 5.32 Å². The molecule has 3 rings (SSSR count). The molecule has 0 unspecified atom stereocenters. The number of amides is 1. The molecule has 28 heavy (non-hydrogen) atoms. The lowest BCUT2D eigenvalue weighted by Gasteiger charge is -2.14. The molecule has 0 radical (unpaired) electrons. The van der Waals surface area contributed by atoms with Crippen molar-refractivity contribution in [2.24, 2.45) is 0 Å². The molecule has 0 bridgehead atoms. The molecule has 3 heteroatoms. The first-order valence-corrected chi connectivity index (χ1v) is 10.4. The number of nitrogens with zero attached hydrogens (tertiary/aromatic N) is 1. The number of nitrogens with one attached hydrogen (secondary N) is 1. The number of aromatic nitrogens is 1. The topological polar surface area (TPSA) is 42.0 Å². The van der Waals surface area contributed by atoms with Gasteiger partial charge < -0.3 is 5.32 Å². The zero-order valence-corrected chi connectivity index (χ0v) is 17.0. The minimum atomic E-state index is -0.0442. The molecule has 1 N–H and O–H groups in total. The SMILES string of the molecule is CCCCCCCCc1cccc(C)c1C(=O)Nc1cccc2cccnc12. The van der Waals surface area contributed by atoms with Gasteiger partial charge in [0, 0.05) is 17.1 Å². The van der Waals surface area contributed by atoms with Gasteiger partial charge in [-0.3, -0.25) is 9.78 Å². The van der Waals surface area contributed by atoms with Gasteiger partial charge in [0.1, 0.15) is 0 Å². The van der Waals surface area contributed by atoms with Crippen LogP contribution in [0, 0.1) is 6.92 Å². The maximum atomic E-state index is 13.1. The van der Waals surface area contributed by atoms with Gasteiger partial charge in [0.15, 0.2) is 0 Å². The summed E-state index contributed by atoms with van der Waals surface area (Å²) in [5.41, 5.74) is 4.56. The third-order valence-corrected chi connectivity index (χ3v) is 5.27. The smallest absolute Gasteiger partial charge is 0.256 e. The van der Waals surface area contributed by atoms with E-state index in [4.69, 9.17) is 0 Å². The molecular formula is C25H30N2O. The molecule has 146 valence electrons. The minimum absolute atomic E-state index is 0.0442. The van der Waals surface area contributed by atoms with Crippen molar-refractivity contribution >= 4 is 22.5 Å². The lowest BCUT2D eigenvalue weighted by molar-refractivity contribution is 0.102. The highest BCUT2D eigenvalue weighted by molar-refractivity contribution is 6.09. The number of para-hydroxylation sites is 1. The van der Waals surface area contributed by atoms with Crippen molar-refractivity contribution in [2.75, 3.05) is 5.32 Å². The summed E-state index contributed by atoms with van der Waals surface area (Å²) in [5, 5.41) is 4.12. The summed E-state index contributed by atoms with van der Waals surface area (Å²) < 4.78 is 0. The third-order valence-electron chi connectivity index (χ3n) is 5.27. The zero-order chi connectivity index (χ0) is 19.8. The van der Waals surface area contributed by atoms with Crippen LogP contribution in [0.4, 0.5) is 5.69 Å². The molecule has 0 aliphatic carbocycles. The van der Waals surface area contributed by atoms with Crippen LogP contribution in [0.5, 0.6) is 0 Å². The number of unbranched alkanes of at least 4 members (excludes halogenated alkanes) is 5. The largest absolute Gasteiger partial charge is 0.320 e. The van der Waals surface area contributed by atoms with E-state index >= 15 is 0 Å². The standard InChI is InChI=1S/C25H30N2O/c1-3-4-5-6-7-8-13-20-14-9-12-19(2)23(20)25(28)27-22-17-10-15-21-16-11-18-26-24(21)22/h9-12,14-18H,3-8,13H2,1-2H3,(H,27,28). The summed E-state index contributed by atoms with van der Waals surface area (Å²) >= 11 is 0. The summed E-state index contributed by atoms with van der Waals surface area (Å²) in [6, 6.07) is 16.0. The van der Waals surface area contributed by atoms with Gasteiger partial charge in [-0.05, 0) is 43.0 Å². The number of anilines is 1. The number of fused-ring (bicyclic) bond motifs is 1. The van der Waals surface area contributed by atoms with E-state index in [9.17, 15) is 4.79 Å². The number of aryl methyl sites for hydroxylation is 2. The molecule has 1 amide bonds. The van der Waals surface area contributed by atoms with Crippen molar-refractivity contribution in [3.8, 4) is 0 Å². The van der Waals surface area contributed by atoms with Gasteiger partial charge in [0.05, 0.1) is 11.2 Å². The van der Waals surface area contributed by atoms with Crippen LogP contribution >= 0.6 is 0 Å². The quantitative estimate of drug-likeness (QED) is 0.423. The molecule has 2 aromatic carbocycles. The van der Waals surface area contributed by atoms with E-state index in [-0.39, 0.29) is 5.91 Å². The summed E-state index contributed by atoms with van der Waals surface area (Å²) in [5.74, 6) is -0.0442. The van der Waals surface area contributed by atoms with E-state index in [1.54, 1.807) is 6.20 Å². The Morgan fingerprint density at radius 3 is 2.54 bits per heavy atom. The maximum absolute atomic E-state index is 13.1. The Hall–Kier alpha value is -2.68. The normalized spacial score (nSPS) is 10.9. The Labute approximate surface area is 168 Å². The number of rotatable bonds is 9. The summed E-state index contributed by atoms with van der Waals surface area (Å²) in [7, 11) is 0. The first-order chi connectivity index (χ1) is 13.7. The van der Waals surface area contributed by atoms with Crippen molar-refractivity contribution in [1.82, 2.24) is 4.98 Å². The first-order valence-electron chi connectivity index (χ1n) is 10.4. The third kappa shape index (κ3) is 4.98. The van der Waals surface area contributed by atoms with Crippen molar-refractivity contribution in [2.45, 2.75) is 58.8 Å². The van der Waals surface area contributed by atoms with E-state index in [2.05, 4.69) is 29.4 Å². The van der Waals surface area contributed by atoms with Crippen molar-refractivity contribution in [3.05, 3.63) is 71.4 Å². The van der Waals surface area contributed by atoms with E-state index in [0.29, 0.717) is 0 Å². The fourth-order valence-corrected chi connectivity index (χ4v) is 3.75. The van der Waals surface area contributed by atoms with Gasteiger partial charge >= 0.3 is 0 Å². The number of hydrogen-bond acceptors (Lipinski definition) is 2. The highest BCUT2D eigenvalue weighted by Crippen LogP contribution is 2.24. The minimum Gasteiger partial charge on any atom is -0.320 e. The van der Waals surface area contributed by atoms with Crippen LogP contribution in [-0.4, -0.2) is 10.9 Å². The average Bonchev–Trinajstić information content (AvgIpc) is 2.71. The second kappa shape index (κ2) is 10.0. The number of benzene rings is 2. The Bertz CT molecular complexity index is 927. The molecule has 3 aromatic rings. The van der Waals surface area contributed by atoms with Crippen LogP contribution in [0.3, 0.4) is 0 Å². The van der Waals surface area contributed by atoms with Crippen LogP contribution in [-0.2, 0) is 6.42 Å².